The normalized spacial score (nSPS) is 10.7. The Hall–Kier alpha value is -1.98. The van der Waals surface area contributed by atoms with Crippen LogP contribution in [-0.2, 0) is 0 Å². The van der Waals surface area contributed by atoms with E-state index in [1.165, 1.54) is 11.3 Å². The van der Waals surface area contributed by atoms with E-state index in [4.69, 9.17) is 0 Å². The summed E-state index contributed by atoms with van der Waals surface area (Å²) in [5, 5.41) is 4.74. The number of carbonyl (C=O) groups is 2. The molecule has 0 spiro atoms. The number of carbonyl (C=O) groups excluding carboxylic acids is 2. The van der Waals surface area contributed by atoms with Crippen molar-refractivity contribution in [2.24, 2.45) is 0 Å². The van der Waals surface area contributed by atoms with Gasteiger partial charge in [0, 0.05) is 12.1 Å². The maximum Gasteiger partial charge on any atom is 0.252 e. The summed E-state index contributed by atoms with van der Waals surface area (Å²) in [6.45, 7) is 1.51. The topological polar surface area (TPSA) is 49.4 Å². The third kappa shape index (κ3) is 4.26. The Morgan fingerprint density at radius 2 is 1.82 bits per heavy atom. The summed E-state index contributed by atoms with van der Waals surface area (Å²) in [6, 6.07) is 10.6. The molecule has 0 aliphatic carbocycles. The molecule has 2 aromatic rings. The Morgan fingerprint density at radius 1 is 1.09 bits per heavy atom. The highest BCUT2D eigenvalue weighted by Crippen LogP contribution is 2.18. The number of nitrogens with zero attached hydrogens (tertiary/aromatic N) is 1. The molecule has 1 aromatic heterocycles. The zero-order valence-corrected chi connectivity index (χ0v) is 13.7. The fraction of sp³-hybridized carbons (Fsp3) is 0.294. The molecule has 0 fully saturated rings. The van der Waals surface area contributed by atoms with Crippen LogP contribution in [0, 0.1) is 0 Å². The first kappa shape index (κ1) is 16.4. The van der Waals surface area contributed by atoms with Crippen LogP contribution >= 0.6 is 11.3 Å². The number of nitrogens with one attached hydrogen (secondary N) is 1. The lowest BCUT2D eigenvalue weighted by Gasteiger charge is -2.11. The average Bonchev–Trinajstić information content (AvgIpc) is 3.05. The monoisotopic (exact) mass is 316 g/mol. The van der Waals surface area contributed by atoms with Crippen molar-refractivity contribution in [3.63, 3.8) is 0 Å². The minimum Gasteiger partial charge on any atom is -0.352 e. The number of rotatable bonds is 7. The third-order valence-electron chi connectivity index (χ3n) is 3.23. The van der Waals surface area contributed by atoms with Gasteiger partial charge in [0.05, 0.1) is 10.4 Å². The molecule has 0 atom stereocenters. The van der Waals surface area contributed by atoms with Crippen molar-refractivity contribution in [3.05, 3.63) is 57.8 Å². The van der Waals surface area contributed by atoms with Gasteiger partial charge in [0.1, 0.15) is 0 Å². The van der Waals surface area contributed by atoms with Gasteiger partial charge in [-0.05, 0) is 44.6 Å². The first-order chi connectivity index (χ1) is 10.6. The zero-order valence-electron chi connectivity index (χ0n) is 12.8. The molecule has 0 radical (unpaired) electrons. The van der Waals surface area contributed by atoms with Gasteiger partial charge in [-0.15, -0.1) is 11.3 Å². The standard InChI is InChI=1S/C17H20N2O2S/c1-19(2)11-6-10-18-17(21)14-8-4-3-7-13(14)16(20)15-9-5-12-22-15/h3-5,7-9,12H,6,10-11H2,1-2H3,(H,18,21). The lowest BCUT2D eigenvalue weighted by molar-refractivity contribution is 0.0941. The molecule has 2 rings (SSSR count). The van der Waals surface area contributed by atoms with Crippen molar-refractivity contribution in [2.45, 2.75) is 6.42 Å². The lowest BCUT2D eigenvalue weighted by Crippen LogP contribution is -2.28. The number of thiophene rings is 1. The summed E-state index contributed by atoms with van der Waals surface area (Å²) in [4.78, 5) is 27.5. The van der Waals surface area contributed by atoms with Gasteiger partial charge in [-0.2, -0.15) is 0 Å². The summed E-state index contributed by atoms with van der Waals surface area (Å²) in [7, 11) is 3.99. The fourth-order valence-corrected chi connectivity index (χ4v) is 2.79. The van der Waals surface area contributed by atoms with E-state index in [2.05, 4.69) is 10.2 Å². The van der Waals surface area contributed by atoms with Crippen LogP contribution in [0.25, 0.3) is 0 Å². The number of hydrogen-bond donors (Lipinski definition) is 1. The SMILES string of the molecule is CN(C)CCCNC(=O)c1ccccc1C(=O)c1cccs1. The Balaban J connectivity index is 2.08. The second-order valence-electron chi connectivity index (χ2n) is 5.26. The summed E-state index contributed by atoms with van der Waals surface area (Å²) >= 11 is 1.38. The van der Waals surface area contributed by atoms with Crippen LogP contribution in [0.4, 0.5) is 0 Å². The van der Waals surface area contributed by atoms with E-state index in [0.29, 0.717) is 22.5 Å². The van der Waals surface area contributed by atoms with E-state index in [-0.39, 0.29) is 11.7 Å². The Labute approximate surface area is 134 Å². The molecule has 116 valence electrons. The number of amides is 1. The van der Waals surface area contributed by atoms with Crippen molar-refractivity contribution in [1.29, 1.82) is 0 Å². The quantitative estimate of drug-likeness (QED) is 0.631. The van der Waals surface area contributed by atoms with Crippen LogP contribution in [0.15, 0.2) is 41.8 Å². The molecule has 5 heteroatoms. The molecule has 1 amide bonds. The largest absolute Gasteiger partial charge is 0.352 e. The minimum atomic E-state index is -0.195. The van der Waals surface area contributed by atoms with Gasteiger partial charge in [0.15, 0.2) is 0 Å². The van der Waals surface area contributed by atoms with E-state index >= 15 is 0 Å². The molecule has 0 bridgehead atoms. The molecule has 1 N–H and O–H groups in total. The zero-order chi connectivity index (χ0) is 15.9. The van der Waals surface area contributed by atoms with Crippen LogP contribution < -0.4 is 5.32 Å². The Bertz CT molecular complexity index is 636. The predicted octanol–water partition coefficient (Wildman–Crippen LogP) is 2.66. The molecule has 0 aliphatic rings. The number of ketones is 1. The van der Waals surface area contributed by atoms with Gasteiger partial charge in [-0.25, -0.2) is 0 Å². The van der Waals surface area contributed by atoms with Crippen LogP contribution in [0.3, 0.4) is 0 Å². The highest BCUT2D eigenvalue weighted by Gasteiger charge is 2.18. The smallest absolute Gasteiger partial charge is 0.252 e. The molecule has 0 unspecified atom stereocenters. The van der Waals surface area contributed by atoms with Crippen LogP contribution in [0.5, 0.6) is 0 Å². The lowest BCUT2D eigenvalue weighted by atomic mass is 10.0. The molecular formula is C17H20N2O2S. The summed E-state index contributed by atoms with van der Waals surface area (Å²) in [5.74, 6) is -0.298. The summed E-state index contributed by atoms with van der Waals surface area (Å²) < 4.78 is 0. The molecule has 1 aromatic carbocycles. The second kappa shape index (κ2) is 7.87. The van der Waals surface area contributed by atoms with Crippen molar-refractivity contribution in [3.8, 4) is 0 Å². The van der Waals surface area contributed by atoms with Crippen molar-refractivity contribution >= 4 is 23.0 Å². The first-order valence-corrected chi connectivity index (χ1v) is 8.07. The Kier molecular flexibility index (Phi) is 5.86. The van der Waals surface area contributed by atoms with Crippen LogP contribution in [-0.4, -0.2) is 43.8 Å². The molecule has 1 heterocycles. The highest BCUT2D eigenvalue weighted by atomic mass is 32.1. The van der Waals surface area contributed by atoms with Gasteiger partial charge >= 0.3 is 0 Å². The van der Waals surface area contributed by atoms with E-state index < -0.39 is 0 Å². The molecule has 22 heavy (non-hydrogen) atoms. The van der Waals surface area contributed by atoms with Crippen LogP contribution in [0.1, 0.15) is 32.0 Å². The summed E-state index contributed by atoms with van der Waals surface area (Å²) in [5.41, 5.74) is 0.890. The van der Waals surface area contributed by atoms with E-state index in [1.807, 2.05) is 25.5 Å². The van der Waals surface area contributed by atoms with E-state index in [0.717, 1.165) is 13.0 Å². The molecule has 0 saturated heterocycles. The maximum atomic E-state index is 12.5. The molecule has 0 aliphatic heterocycles. The Morgan fingerprint density at radius 3 is 2.45 bits per heavy atom. The summed E-state index contributed by atoms with van der Waals surface area (Å²) in [6.07, 6.45) is 0.875. The number of benzene rings is 1. The predicted molar refractivity (Wildman–Crippen MR) is 89.7 cm³/mol. The van der Waals surface area contributed by atoms with Crippen LogP contribution in [0.2, 0.25) is 0 Å². The van der Waals surface area contributed by atoms with Gasteiger partial charge in [0.2, 0.25) is 5.78 Å². The second-order valence-corrected chi connectivity index (χ2v) is 6.21. The van der Waals surface area contributed by atoms with E-state index in [1.54, 1.807) is 30.3 Å². The van der Waals surface area contributed by atoms with Gasteiger partial charge in [-0.3, -0.25) is 9.59 Å². The van der Waals surface area contributed by atoms with Crippen molar-refractivity contribution in [1.82, 2.24) is 10.2 Å². The van der Waals surface area contributed by atoms with E-state index in [9.17, 15) is 9.59 Å². The van der Waals surface area contributed by atoms with Gasteiger partial charge in [-0.1, -0.05) is 24.3 Å². The molecule has 4 nitrogen and oxygen atoms in total. The maximum absolute atomic E-state index is 12.5. The first-order valence-electron chi connectivity index (χ1n) is 7.19. The van der Waals surface area contributed by atoms with Crippen molar-refractivity contribution in [2.75, 3.05) is 27.2 Å². The van der Waals surface area contributed by atoms with Gasteiger partial charge < -0.3 is 10.2 Å². The third-order valence-corrected chi connectivity index (χ3v) is 4.10. The van der Waals surface area contributed by atoms with Crippen molar-refractivity contribution < 1.29 is 9.59 Å². The highest BCUT2D eigenvalue weighted by molar-refractivity contribution is 7.12. The molecular weight excluding hydrogens is 296 g/mol. The molecule has 0 saturated carbocycles. The average molecular weight is 316 g/mol. The number of hydrogen-bond acceptors (Lipinski definition) is 4. The minimum absolute atomic E-state index is 0.103. The van der Waals surface area contributed by atoms with Gasteiger partial charge in [0.25, 0.3) is 5.91 Å². The fourth-order valence-electron chi connectivity index (χ4n) is 2.11.